The SMILES string of the molecule is COC(=O)C1=C(\C(=O)OC)CC(O)C(O)C(C2CCCCCCC2)/C=C\1. The Hall–Kier alpha value is -1.66. The number of aliphatic hydroxyl groups is 2. The van der Waals surface area contributed by atoms with E-state index in [0.29, 0.717) is 0 Å². The zero-order chi connectivity index (χ0) is 19.1. The predicted molar refractivity (Wildman–Crippen MR) is 96.1 cm³/mol. The molecule has 0 aromatic rings. The Bertz CT molecular complexity index is 557. The van der Waals surface area contributed by atoms with E-state index >= 15 is 0 Å². The number of methoxy groups -OCH3 is 2. The third-order valence-corrected chi connectivity index (χ3v) is 5.54. The highest BCUT2D eigenvalue weighted by molar-refractivity contribution is 6.02. The van der Waals surface area contributed by atoms with Crippen LogP contribution < -0.4 is 0 Å². The molecule has 0 aliphatic heterocycles. The predicted octanol–water partition coefficient (Wildman–Crippen LogP) is 2.29. The maximum Gasteiger partial charge on any atom is 0.338 e. The number of esters is 2. The largest absolute Gasteiger partial charge is 0.466 e. The molecular weight excluding hydrogens is 336 g/mol. The normalized spacial score (nSPS) is 32.5. The van der Waals surface area contributed by atoms with E-state index in [0.717, 1.165) is 25.7 Å². The monoisotopic (exact) mass is 366 g/mol. The molecule has 2 N–H and O–H groups in total. The van der Waals surface area contributed by atoms with Crippen LogP contribution in [-0.4, -0.2) is 48.6 Å². The first-order valence-electron chi connectivity index (χ1n) is 9.43. The molecule has 3 unspecified atom stereocenters. The minimum absolute atomic E-state index is 0.0262. The number of aliphatic hydroxyl groups excluding tert-OH is 2. The van der Waals surface area contributed by atoms with Crippen molar-refractivity contribution in [3.05, 3.63) is 23.3 Å². The average Bonchev–Trinajstić information content (AvgIpc) is 2.61. The molecule has 2 rings (SSSR count). The highest BCUT2D eigenvalue weighted by atomic mass is 16.5. The second-order valence-electron chi connectivity index (χ2n) is 7.18. The van der Waals surface area contributed by atoms with E-state index in [-0.39, 0.29) is 29.4 Å². The van der Waals surface area contributed by atoms with Crippen molar-refractivity contribution in [3.8, 4) is 0 Å². The first-order chi connectivity index (χ1) is 12.5. The van der Waals surface area contributed by atoms with Crippen LogP contribution in [0.15, 0.2) is 23.3 Å². The molecule has 0 saturated heterocycles. The van der Waals surface area contributed by atoms with Crippen LogP contribution in [0.5, 0.6) is 0 Å². The molecule has 1 fully saturated rings. The Morgan fingerprint density at radius 3 is 2.12 bits per heavy atom. The summed E-state index contributed by atoms with van der Waals surface area (Å²) < 4.78 is 9.53. The Kier molecular flexibility index (Phi) is 7.85. The van der Waals surface area contributed by atoms with Crippen molar-refractivity contribution in [3.63, 3.8) is 0 Å². The molecule has 6 nitrogen and oxygen atoms in total. The average molecular weight is 366 g/mol. The number of rotatable bonds is 3. The lowest BCUT2D eigenvalue weighted by atomic mass is 9.75. The fourth-order valence-electron chi connectivity index (χ4n) is 4.04. The third kappa shape index (κ3) is 4.95. The number of carbonyl (C=O) groups excluding carboxylic acids is 2. The van der Waals surface area contributed by atoms with Crippen molar-refractivity contribution < 1.29 is 29.3 Å². The summed E-state index contributed by atoms with van der Waals surface area (Å²) in [4.78, 5) is 24.2. The van der Waals surface area contributed by atoms with Crippen molar-refractivity contribution in [1.29, 1.82) is 0 Å². The number of ether oxygens (including phenoxy) is 2. The Balaban J connectivity index is 2.37. The maximum absolute atomic E-state index is 12.2. The van der Waals surface area contributed by atoms with Gasteiger partial charge in [-0.1, -0.05) is 44.3 Å². The lowest BCUT2D eigenvalue weighted by molar-refractivity contribution is -0.139. The van der Waals surface area contributed by atoms with E-state index < -0.39 is 24.1 Å². The molecule has 1 saturated carbocycles. The van der Waals surface area contributed by atoms with Gasteiger partial charge in [0.1, 0.15) is 0 Å². The molecule has 146 valence electrons. The number of hydrogen-bond donors (Lipinski definition) is 2. The van der Waals surface area contributed by atoms with E-state index in [9.17, 15) is 19.8 Å². The third-order valence-electron chi connectivity index (χ3n) is 5.54. The lowest BCUT2D eigenvalue weighted by Crippen LogP contribution is -2.39. The van der Waals surface area contributed by atoms with E-state index in [1.165, 1.54) is 33.5 Å². The molecule has 0 bridgehead atoms. The molecule has 0 aromatic carbocycles. The quantitative estimate of drug-likeness (QED) is 0.745. The topological polar surface area (TPSA) is 93.1 Å². The van der Waals surface area contributed by atoms with E-state index in [1.54, 1.807) is 12.2 Å². The van der Waals surface area contributed by atoms with Crippen molar-refractivity contribution in [2.24, 2.45) is 11.8 Å². The second kappa shape index (κ2) is 9.88. The first kappa shape index (κ1) is 20.6. The van der Waals surface area contributed by atoms with Gasteiger partial charge in [0.15, 0.2) is 0 Å². The van der Waals surface area contributed by atoms with Crippen LogP contribution in [-0.2, 0) is 19.1 Å². The van der Waals surface area contributed by atoms with Gasteiger partial charge in [0.05, 0.1) is 37.6 Å². The summed E-state index contributed by atoms with van der Waals surface area (Å²) in [6.45, 7) is 0. The van der Waals surface area contributed by atoms with Gasteiger partial charge in [-0.25, -0.2) is 9.59 Å². The van der Waals surface area contributed by atoms with Gasteiger partial charge in [0.2, 0.25) is 0 Å². The summed E-state index contributed by atoms with van der Waals surface area (Å²) in [6.07, 6.45) is 8.82. The van der Waals surface area contributed by atoms with Crippen molar-refractivity contribution in [2.45, 2.75) is 63.6 Å². The standard InChI is InChI=1S/C20H30O6/c1-25-19(23)15-11-10-14(13-8-6-4-3-5-7-9-13)18(22)17(21)12-16(15)20(24)26-2/h10-11,13-14,17-18,21-22H,3-9,12H2,1-2H3/b11-10-,16-15-. The molecule has 3 atom stereocenters. The van der Waals surface area contributed by atoms with Crippen LogP contribution in [0, 0.1) is 11.8 Å². The summed E-state index contributed by atoms with van der Waals surface area (Å²) in [5.74, 6) is -1.37. The first-order valence-corrected chi connectivity index (χ1v) is 9.43. The Labute approximate surface area is 154 Å². The highest BCUT2D eigenvalue weighted by Crippen LogP contribution is 2.35. The van der Waals surface area contributed by atoms with Gasteiger partial charge in [-0.05, 0) is 18.8 Å². The Morgan fingerprint density at radius 2 is 1.54 bits per heavy atom. The van der Waals surface area contributed by atoms with Crippen molar-refractivity contribution in [1.82, 2.24) is 0 Å². The van der Waals surface area contributed by atoms with E-state index in [4.69, 9.17) is 9.47 Å². The zero-order valence-corrected chi connectivity index (χ0v) is 15.6. The van der Waals surface area contributed by atoms with E-state index in [1.807, 2.05) is 0 Å². The summed E-state index contributed by atoms with van der Waals surface area (Å²) >= 11 is 0. The molecule has 0 radical (unpaired) electrons. The van der Waals surface area contributed by atoms with Gasteiger partial charge < -0.3 is 19.7 Å². The van der Waals surface area contributed by atoms with Gasteiger partial charge in [0, 0.05) is 12.3 Å². The molecule has 26 heavy (non-hydrogen) atoms. The molecular formula is C20H30O6. The maximum atomic E-state index is 12.2. The van der Waals surface area contributed by atoms with Gasteiger partial charge in [-0.15, -0.1) is 0 Å². The number of hydrogen-bond acceptors (Lipinski definition) is 6. The van der Waals surface area contributed by atoms with Gasteiger partial charge in [-0.2, -0.15) is 0 Å². The molecule has 0 heterocycles. The fourth-order valence-corrected chi connectivity index (χ4v) is 4.04. The summed E-state index contributed by atoms with van der Waals surface area (Å²) in [5.41, 5.74) is 0.111. The highest BCUT2D eigenvalue weighted by Gasteiger charge is 2.35. The summed E-state index contributed by atoms with van der Waals surface area (Å²) in [5, 5.41) is 21.2. The smallest absolute Gasteiger partial charge is 0.338 e. The van der Waals surface area contributed by atoms with Crippen molar-refractivity contribution in [2.75, 3.05) is 14.2 Å². The number of carbonyl (C=O) groups is 2. The van der Waals surface area contributed by atoms with Crippen LogP contribution in [0.4, 0.5) is 0 Å². The fraction of sp³-hybridized carbons (Fsp3) is 0.700. The summed E-state index contributed by atoms with van der Waals surface area (Å²) in [6, 6.07) is 0. The van der Waals surface area contributed by atoms with Crippen LogP contribution in [0.2, 0.25) is 0 Å². The molecule has 0 aromatic heterocycles. The van der Waals surface area contributed by atoms with Gasteiger partial charge >= 0.3 is 11.9 Å². The molecule has 2 aliphatic carbocycles. The molecule has 2 aliphatic rings. The summed E-state index contributed by atoms with van der Waals surface area (Å²) in [7, 11) is 2.46. The van der Waals surface area contributed by atoms with Crippen LogP contribution in [0.25, 0.3) is 0 Å². The second-order valence-corrected chi connectivity index (χ2v) is 7.18. The lowest BCUT2D eigenvalue weighted by Gasteiger charge is -2.34. The van der Waals surface area contributed by atoms with Crippen LogP contribution >= 0.6 is 0 Å². The minimum atomic E-state index is -1.15. The minimum Gasteiger partial charge on any atom is -0.466 e. The zero-order valence-electron chi connectivity index (χ0n) is 15.6. The molecule has 6 heteroatoms. The van der Waals surface area contributed by atoms with Crippen LogP contribution in [0.3, 0.4) is 0 Å². The molecule has 0 amide bonds. The van der Waals surface area contributed by atoms with Crippen LogP contribution in [0.1, 0.15) is 51.4 Å². The van der Waals surface area contributed by atoms with Gasteiger partial charge in [-0.3, -0.25) is 0 Å². The Morgan fingerprint density at radius 1 is 0.962 bits per heavy atom. The van der Waals surface area contributed by atoms with Gasteiger partial charge in [0.25, 0.3) is 0 Å². The van der Waals surface area contributed by atoms with Crippen molar-refractivity contribution >= 4 is 11.9 Å². The molecule has 0 spiro atoms. The van der Waals surface area contributed by atoms with E-state index in [2.05, 4.69) is 0 Å².